The van der Waals surface area contributed by atoms with Crippen LogP contribution in [-0.4, -0.2) is 6.04 Å². The molecule has 0 aromatic rings. The van der Waals surface area contributed by atoms with E-state index in [0.29, 0.717) is 6.04 Å². The molecule has 1 aliphatic carbocycles. The maximum Gasteiger partial charge on any atom is 0.00866 e. The fourth-order valence-corrected chi connectivity index (χ4v) is 2.24. The zero-order valence-corrected chi connectivity index (χ0v) is 8.47. The van der Waals surface area contributed by atoms with E-state index >= 15 is 0 Å². The van der Waals surface area contributed by atoms with Crippen LogP contribution in [0, 0.1) is 18.3 Å². The first-order valence-electron chi connectivity index (χ1n) is 5.53. The molecule has 74 valence electrons. The van der Waals surface area contributed by atoms with Gasteiger partial charge in [-0.15, -0.1) is 12.3 Å². The minimum Gasteiger partial charge on any atom is -0.327 e. The lowest BCUT2D eigenvalue weighted by molar-refractivity contribution is 0.292. The van der Waals surface area contributed by atoms with E-state index < -0.39 is 0 Å². The Labute approximate surface area is 82.1 Å². The minimum absolute atomic E-state index is 0.411. The molecule has 0 heterocycles. The average molecular weight is 179 g/mol. The van der Waals surface area contributed by atoms with Gasteiger partial charge in [0.05, 0.1) is 0 Å². The van der Waals surface area contributed by atoms with Crippen molar-refractivity contribution in [1.29, 1.82) is 0 Å². The summed E-state index contributed by atoms with van der Waals surface area (Å²) in [6, 6.07) is 0.411. The van der Waals surface area contributed by atoms with Crippen LogP contribution in [0.15, 0.2) is 0 Å². The fraction of sp³-hybridized carbons (Fsp3) is 0.833. The highest BCUT2D eigenvalue weighted by Crippen LogP contribution is 2.27. The number of nitrogens with two attached hydrogens (primary N) is 1. The van der Waals surface area contributed by atoms with E-state index in [1.165, 1.54) is 32.1 Å². The molecule has 0 amide bonds. The molecule has 1 heteroatoms. The molecule has 1 rings (SSSR count). The van der Waals surface area contributed by atoms with Gasteiger partial charge in [0.2, 0.25) is 0 Å². The maximum atomic E-state index is 6.12. The quantitative estimate of drug-likeness (QED) is 0.521. The predicted octanol–water partition coefficient (Wildman–Crippen LogP) is 2.70. The molecule has 0 radical (unpaired) electrons. The summed E-state index contributed by atoms with van der Waals surface area (Å²) < 4.78 is 0. The lowest BCUT2D eigenvalue weighted by Gasteiger charge is -2.27. The summed E-state index contributed by atoms with van der Waals surface area (Å²) in [6.07, 6.45) is 15.2. The van der Waals surface area contributed by atoms with Crippen LogP contribution >= 0.6 is 0 Å². The largest absolute Gasteiger partial charge is 0.327 e. The Hall–Kier alpha value is -0.480. The molecule has 0 saturated heterocycles. The Morgan fingerprint density at radius 3 is 2.62 bits per heavy atom. The van der Waals surface area contributed by atoms with E-state index in [2.05, 4.69) is 5.92 Å². The van der Waals surface area contributed by atoms with Crippen LogP contribution in [0.3, 0.4) is 0 Å². The number of hydrogen-bond acceptors (Lipinski definition) is 1. The molecule has 0 aromatic heterocycles. The molecule has 1 nitrogen and oxygen atoms in total. The molecule has 1 unspecified atom stereocenters. The molecule has 1 aliphatic rings. The second-order valence-electron chi connectivity index (χ2n) is 4.16. The third-order valence-corrected chi connectivity index (χ3v) is 3.11. The first kappa shape index (κ1) is 10.6. The van der Waals surface area contributed by atoms with Crippen molar-refractivity contribution in [2.45, 2.75) is 57.4 Å². The Kier molecular flexibility index (Phi) is 4.93. The monoisotopic (exact) mass is 179 g/mol. The zero-order chi connectivity index (χ0) is 9.52. The van der Waals surface area contributed by atoms with Crippen LogP contribution in [0.5, 0.6) is 0 Å². The van der Waals surface area contributed by atoms with Gasteiger partial charge < -0.3 is 5.73 Å². The van der Waals surface area contributed by atoms with Crippen LogP contribution in [0.2, 0.25) is 0 Å². The standard InChI is InChI=1S/C12H21N/c1-2-3-5-10-12(13)11-8-6-4-7-9-11/h1,11-12H,3-10,13H2. The van der Waals surface area contributed by atoms with Crippen molar-refractivity contribution < 1.29 is 0 Å². The van der Waals surface area contributed by atoms with Gasteiger partial charge in [0.25, 0.3) is 0 Å². The molecule has 1 fully saturated rings. The summed E-state index contributed by atoms with van der Waals surface area (Å²) in [6.45, 7) is 0. The lowest BCUT2D eigenvalue weighted by Crippen LogP contribution is -2.31. The number of rotatable bonds is 4. The summed E-state index contributed by atoms with van der Waals surface area (Å²) >= 11 is 0. The van der Waals surface area contributed by atoms with Gasteiger partial charge in [-0.25, -0.2) is 0 Å². The molecular formula is C12H21N. The van der Waals surface area contributed by atoms with Crippen LogP contribution < -0.4 is 5.73 Å². The third-order valence-electron chi connectivity index (χ3n) is 3.11. The van der Waals surface area contributed by atoms with Crippen molar-refractivity contribution >= 4 is 0 Å². The predicted molar refractivity (Wildman–Crippen MR) is 57.2 cm³/mol. The first-order chi connectivity index (χ1) is 6.34. The van der Waals surface area contributed by atoms with E-state index in [9.17, 15) is 0 Å². The van der Waals surface area contributed by atoms with Gasteiger partial charge in [-0.3, -0.25) is 0 Å². The Balaban J connectivity index is 2.14. The Morgan fingerprint density at radius 2 is 2.00 bits per heavy atom. The smallest absolute Gasteiger partial charge is 0.00866 e. The second-order valence-corrected chi connectivity index (χ2v) is 4.16. The van der Waals surface area contributed by atoms with Crippen molar-refractivity contribution in [3.8, 4) is 12.3 Å². The van der Waals surface area contributed by atoms with Gasteiger partial charge in [0, 0.05) is 12.5 Å². The summed E-state index contributed by atoms with van der Waals surface area (Å²) in [7, 11) is 0. The van der Waals surface area contributed by atoms with Crippen LogP contribution in [-0.2, 0) is 0 Å². The number of terminal acetylenes is 1. The molecular weight excluding hydrogens is 158 g/mol. The van der Waals surface area contributed by atoms with E-state index in [0.717, 1.165) is 25.2 Å². The summed E-state index contributed by atoms with van der Waals surface area (Å²) in [5.74, 6) is 3.45. The first-order valence-corrected chi connectivity index (χ1v) is 5.53. The third kappa shape index (κ3) is 3.83. The molecule has 0 aromatic carbocycles. The molecule has 0 aliphatic heterocycles. The van der Waals surface area contributed by atoms with Crippen molar-refractivity contribution in [1.82, 2.24) is 0 Å². The molecule has 0 bridgehead atoms. The van der Waals surface area contributed by atoms with Gasteiger partial charge in [0.15, 0.2) is 0 Å². The molecule has 2 N–H and O–H groups in total. The Bertz CT molecular complexity index is 162. The van der Waals surface area contributed by atoms with Crippen LogP contribution in [0.1, 0.15) is 51.4 Å². The average Bonchev–Trinajstić information content (AvgIpc) is 2.19. The number of hydrogen-bond donors (Lipinski definition) is 1. The lowest BCUT2D eigenvalue weighted by atomic mass is 9.82. The van der Waals surface area contributed by atoms with E-state index in [4.69, 9.17) is 12.2 Å². The highest BCUT2D eigenvalue weighted by atomic mass is 14.6. The summed E-state index contributed by atoms with van der Waals surface area (Å²) in [5, 5.41) is 0. The van der Waals surface area contributed by atoms with Crippen LogP contribution in [0.25, 0.3) is 0 Å². The second kappa shape index (κ2) is 6.05. The van der Waals surface area contributed by atoms with Gasteiger partial charge in [-0.2, -0.15) is 0 Å². The topological polar surface area (TPSA) is 26.0 Å². The molecule has 1 saturated carbocycles. The number of unbranched alkanes of at least 4 members (excludes halogenated alkanes) is 1. The fourth-order valence-electron chi connectivity index (χ4n) is 2.24. The van der Waals surface area contributed by atoms with Gasteiger partial charge in [-0.1, -0.05) is 19.3 Å². The molecule has 1 atom stereocenters. The SMILES string of the molecule is C#CCCCC(N)C1CCCCC1. The highest BCUT2D eigenvalue weighted by Gasteiger charge is 2.19. The maximum absolute atomic E-state index is 6.12. The van der Waals surface area contributed by atoms with Gasteiger partial charge >= 0.3 is 0 Å². The minimum atomic E-state index is 0.411. The summed E-state index contributed by atoms with van der Waals surface area (Å²) in [4.78, 5) is 0. The molecule has 13 heavy (non-hydrogen) atoms. The highest BCUT2D eigenvalue weighted by molar-refractivity contribution is 4.84. The summed E-state index contributed by atoms with van der Waals surface area (Å²) in [5.41, 5.74) is 6.12. The zero-order valence-electron chi connectivity index (χ0n) is 8.47. The van der Waals surface area contributed by atoms with E-state index in [1.807, 2.05) is 0 Å². The molecule has 0 spiro atoms. The van der Waals surface area contributed by atoms with E-state index in [-0.39, 0.29) is 0 Å². The van der Waals surface area contributed by atoms with Crippen molar-refractivity contribution in [3.63, 3.8) is 0 Å². The van der Waals surface area contributed by atoms with Gasteiger partial charge in [0.1, 0.15) is 0 Å². The van der Waals surface area contributed by atoms with Crippen LogP contribution in [0.4, 0.5) is 0 Å². The van der Waals surface area contributed by atoms with E-state index in [1.54, 1.807) is 0 Å². The van der Waals surface area contributed by atoms with Gasteiger partial charge in [-0.05, 0) is 31.6 Å². The van der Waals surface area contributed by atoms with Crippen molar-refractivity contribution in [3.05, 3.63) is 0 Å². The van der Waals surface area contributed by atoms with Crippen molar-refractivity contribution in [2.24, 2.45) is 11.7 Å². The normalized spacial score (nSPS) is 20.9. The van der Waals surface area contributed by atoms with Crippen molar-refractivity contribution in [2.75, 3.05) is 0 Å². The Morgan fingerprint density at radius 1 is 1.31 bits per heavy atom.